The van der Waals surface area contributed by atoms with Crippen LogP contribution in [-0.4, -0.2) is 40.9 Å². The predicted octanol–water partition coefficient (Wildman–Crippen LogP) is 2.47. The van der Waals surface area contributed by atoms with Crippen LogP contribution < -0.4 is 5.32 Å². The molecule has 2 atom stereocenters. The number of amides is 1. The van der Waals surface area contributed by atoms with Crippen molar-refractivity contribution in [2.24, 2.45) is 0 Å². The summed E-state index contributed by atoms with van der Waals surface area (Å²) in [6, 6.07) is 16.8. The Morgan fingerprint density at radius 1 is 0.935 bits per heavy atom. The quantitative estimate of drug-likeness (QED) is 0.413. The predicted molar refractivity (Wildman–Crippen MR) is 109 cm³/mol. The van der Waals surface area contributed by atoms with Crippen LogP contribution in [0.25, 0.3) is 10.8 Å². The van der Waals surface area contributed by atoms with Crippen molar-refractivity contribution in [3.8, 4) is 0 Å². The maximum atomic E-state index is 12.0. The third-order valence-electron chi connectivity index (χ3n) is 5.05. The van der Waals surface area contributed by atoms with Crippen molar-refractivity contribution < 1.29 is 34.1 Å². The second-order valence-electron chi connectivity index (χ2n) is 7.06. The number of hydrogen-bond donors (Lipinski definition) is 3. The first kappa shape index (κ1) is 20.5. The highest BCUT2D eigenvalue weighted by Crippen LogP contribution is 2.34. The van der Waals surface area contributed by atoms with Gasteiger partial charge < -0.3 is 25.0 Å². The Labute approximate surface area is 177 Å². The van der Waals surface area contributed by atoms with Gasteiger partial charge in [-0.2, -0.15) is 0 Å². The van der Waals surface area contributed by atoms with Crippen LogP contribution in [0.2, 0.25) is 0 Å². The molecule has 3 N–H and O–H groups in total. The van der Waals surface area contributed by atoms with Crippen LogP contribution in [0, 0.1) is 0 Å². The molecular weight excluding hydrogens is 402 g/mol. The lowest BCUT2D eigenvalue weighted by atomic mass is 9.90. The summed E-state index contributed by atoms with van der Waals surface area (Å²) in [6.45, 7) is -0.191. The highest BCUT2D eigenvalue weighted by atomic mass is 16.6. The maximum absolute atomic E-state index is 12.0. The molecule has 1 amide bonds. The van der Waals surface area contributed by atoms with E-state index < -0.39 is 30.2 Å². The van der Waals surface area contributed by atoms with Crippen molar-refractivity contribution in [3.05, 3.63) is 82.9 Å². The fraction of sp³-hybridized carbons (Fsp3) is 0.174. The van der Waals surface area contributed by atoms with Crippen LogP contribution >= 0.6 is 0 Å². The van der Waals surface area contributed by atoms with E-state index in [1.807, 2.05) is 30.3 Å². The van der Waals surface area contributed by atoms with Gasteiger partial charge in [-0.1, -0.05) is 48.5 Å². The molecule has 4 rings (SSSR count). The van der Waals surface area contributed by atoms with E-state index in [0.717, 1.165) is 5.56 Å². The molecule has 1 aliphatic rings. The van der Waals surface area contributed by atoms with Gasteiger partial charge in [0.1, 0.15) is 18.8 Å². The zero-order valence-electron chi connectivity index (χ0n) is 16.3. The monoisotopic (exact) mass is 421 g/mol. The van der Waals surface area contributed by atoms with Gasteiger partial charge in [0, 0.05) is 11.9 Å². The molecule has 3 aromatic rings. The number of alkyl carbamates (subject to hydrolysis) is 1. The van der Waals surface area contributed by atoms with Crippen LogP contribution in [-0.2, 0) is 16.1 Å². The SMILES string of the molecule is O=C(NCC(O)C(O)c1ccc2c3c(cccc13)C(=O)OC2=O)OCc1ccccc1. The summed E-state index contributed by atoms with van der Waals surface area (Å²) in [5.41, 5.74) is 1.54. The molecule has 2 unspecified atom stereocenters. The fourth-order valence-electron chi connectivity index (χ4n) is 3.50. The molecular formula is C23H19NO7. The first-order chi connectivity index (χ1) is 15.0. The summed E-state index contributed by atoms with van der Waals surface area (Å²) >= 11 is 0. The molecule has 1 heterocycles. The van der Waals surface area contributed by atoms with E-state index >= 15 is 0 Å². The Morgan fingerprint density at radius 3 is 2.39 bits per heavy atom. The topological polar surface area (TPSA) is 122 Å². The standard InChI is InChI=1S/C23H19NO7/c25-18(11-24-23(29)30-12-13-5-2-1-3-6-13)20(26)15-9-10-17-19-14(15)7-4-8-16(19)21(27)31-22(17)28/h1-10,18,20,25-26H,11-12H2,(H,24,29). The smallest absolute Gasteiger partial charge is 0.407 e. The maximum Gasteiger partial charge on any atom is 0.407 e. The van der Waals surface area contributed by atoms with Gasteiger partial charge in [-0.05, 0) is 28.6 Å². The Bertz CT molecular complexity index is 1140. The largest absolute Gasteiger partial charge is 0.445 e. The molecule has 31 heavy (non-hydrogen) atoms. The first-order valence-corrected chi connectivity index (χ1v) is 9.58. The van der Waals surface area contributed by atoms with Gasteiger partial charge in [0.2, 0.25) is 0 Å². The van der Waals surface area contributed by atoms with Gasteiger partial charge in [-0.3, -0.25) is 0 Å². The number of cyclic esters (lactones) is 2. The van der Waals surface area contributed by atoms with Crippen molar-refractivity contribution in [1.29, 1.82) is 0 Å². The van der Waals surface area contributed by atoms with Gasteiger partial charge in [0.25, 0.3) is 0 Å². The lowest BCUT2D eigenvalue weighted by molar-refractivity contribution is 0.0192. The fourth-order valence-corrected chi connectivity index (χ4v) is 3.50. The van der Waals surface area contributed by atoms with E-state index in [4.69, 9.17) is 9.47 Å². The summed E-state index contributed by atoms with van der Waals surface area (Å²) < 4.78 is 9.80. The molecule has 8 heteroatoms. The first-order valence-electron chi connectivity index (χ1n) is 9.58. The Morgan fingerprint density at radius 2 is 1.65 bits per heavy atom. The Kier molecular flexibility index (Phi) is 5.66. The molecule has 8 nitrogen and oxygen atoms in total. The summed E-state index contributed by atoms with van der Waals surface area (Å²) in [6.07, 6.45) is -3.47. The zero-order valence-corrected chi connectivity index (χ0v) is 16.3. The number of benzene rings is 3. The van der Waals surface area contributed by atoms with E-state index in [0.29, 0.717) is 16.3 Å². The molecule has 0 fully saturated rings. The molecule has 1 aliphatic heterocycles. The third-order valence-corrected chi connectivity index (χ3v) is 5.05. The number of carbonyl (C=O) groups excluding carboxylic acids is 3. The summed E-state index contributed by atoms with van der Waals surface area (Å²) in [5.74, 6) is -1.53. The molecule has 0 bridgehead atoms. The van der Waals surface area contributed by atoms with Gasteiger partial charge in [-0.15, -0.1) is 0 Å². The summed E-state index contributed by atoms with van der Waals surface area (Å²) in [7, 11) is 0. The molecule has 0 aromatic heterocycles. The molecule has 0 aliphatic carbocycles. The molecule has 0 saturated heterocycles. The third kappa shape index (κ3) is 4.11. The highest BCUT2D eigenvalue weighted by Gasteiger charge is 2.30. The number of aliphatic hydroxyl groups excluding tert-OH is 2. The number of ether oxygens (including phenoxy) is 2. The molecule has 3 aromatic carbocycles. The molecule has 0 radical (unpaired) electrons. The van der Waals surface area contributed by atoms with Crippen LogP contribution in [0.4, 0.5) is 4.79 Å². The molecule has 0 spiro atoms. The van der Waals surface area contributed by atoms with Crippen LogP contribution in [0.3, 0.4) is 0 Å². The lowest BCUT2D eigenvalue weighted by Gasteiger charge is -2.22. The van der Waals surface area contributed by atoms with Crippen molar-refractivity contribution in [3.63, 3.8) is 0 Å². The van der Waals surface area contributed by atoms with E-state index in [-0.39, 0.29) is 24.3 Å². The van der Waals surface area contributed by atoms with Gasteiger partial charge in [0.05, 0.1) is 11.1 Å². The summed E-state index contributed by atoms with van der Waals surface area (Å²) in [5, 5.41) is 24.3. The Hall–Kier alpha value is -3.75. The number of hydrogen-bond acceptors (Lipinski definition) is 7. The minimum absolute atomic E-state index is 0.0737. The molecule has 0 saturated carbocycles. The number of aliphatic hydroxyl groups is 2. The second kappa shape index (κ2) is 8.55. The average molecular weight is 421 g/mol. The van der Waals surface area contributed by atoms with Gasteiger partial charge >= 0.3 is 18.0 Å². The van der Waals surface area contributed by atoms with Crippen LogP contribution in [0.5, 0.6) is 0 Å². The van der Waals surface area contributed by atoms with Crippen LogP contribution in [0.15, 0.2) is 60.7 Å². The Balaban J connectivity index is 1.46. The van der Waals surface area contributed by atoms with E-state index in [1.54, 1.807) is 12.1 Å². The van der Waals surface area contributed by atoms with Crippen molar-refractivity contribution in [2.45, 2.75) is 18.8 Å². The van der Waals surface area contributed by atoms with Crippen molar-refractivity contribution in [2.75, 3.05) is 6.54 Å². The van der Waals surface area contributed by atoms with E-state index in [1.165, 1.54) is 18.2 Å². The van der Waals surface area contributed by atoms with Crippen molar-refractivity contribution in [1.82, 2.24) is 5.32 Å². The molecule has 158 valence electrons. The lowest BCUT2D eigenvalue weighted by Crippen LogP contribution is -2.36. The normalized spacial score (nSPS) is 14.6. The van der Waals surface area contributed by atoms with Gasteiger partial charge in [-0.25, -0.2) is 14.4 Å². The minimum Gasteiger partial charge on any atom is -0.445 e. The van der Waals surface area contributed by atoms with Gasteiger partial charge in [0.15, 0.2) is 0 Å². The zero-order chi connectivity index (χ0) is 22.0. The average Bonchev–Trinajstić information content (AvgIpc) is 2.79. The van der Waals surface area contributed by atoms with E-state index in [2.05, 4.69) is 5.32 Å². The second-order valence-corrected chi connectivity index (χ2v) is 7.06. The minimum atomic E-state index is -1.38. The van der Waals surface area contributed by atoms with Crippen molar-refractivity contribution >= 4 is 28.8 Å². The number of rotatable bonds is 6. The highest BCUT2D eigenvalue weighted by molar-refractivity contribution is 6.21. The number of carbonyl (C=O) groups is 3. The van der Waals surface area contributed by atoms with E-state index in [9.17, 15) is 24.6 Å². The number of esters is 2. The van der Waals surface area contributed by atoms with Crippen LogP contribution in [0.1, 0.15) is 37.9 Å². The summed E-state index contributed by atoms with van der Waals surface area (Å²) in [4.78, 5) is 35.9. The number of nitrogens with one attached hydrogen (secondary N) is 1.